The Morgan fingerprint density at radius 3 is 2.47 bits per heavy atom. The van der Waals surface area contributed by atoms with E-state index in [1.165, 1.54) is 15.3 Å². The Labute approximate surface area is 123 Å². The van der Waals surface area contributed by atoms with Crippen LogP contribution in [0, 0.1) is 0 Å². The van der Waals surface area contributed by atoms with Crippen LogP contribution >= 0.6 is 22.9 Å². The first-order chi connectivity index (χ1) is 9.23. The maximum Gasteiger partial charge on any atom is 0.0444 e. The minimum atomic E-state index is 0.189. The predicted octanol–water partition coefficient (Wildman–Crippen LogP) is 4.05. The van der Waals surface area contributed by atoms with Gasteiger partial charge in [-0.1, -0.05) is 36.7 Å². The quantitative estimate of drug-likeness (QED) is 0.896. The Morgan fingerprint density at radius 2 is 1.89 bits per heavy atom. The number of benzene rings is 1. The monoisotopic (exact) mass is 291 g/mol. The highest BCUT2D eigenvalue weighted by Crippen LogP contribution is 2.38. The Bertz CT molecular complexity index is 572. The molecule has 2 aromatic rings. The molecule has 3 rings (SSSR count). The van der Waals surface area contributed by atoms with Gasteiger partial charge >= 0.3 is 0 Å². The highest BCUT2D eigenvalue weighted by Gasteiger charge is 2.40. The molecule has 1 N–H and O–H groups in total. The molecule has 3 heteroatoms. The lowest BCUT2D eigenvalue weighted by molar-refractivity contribution is 0.276. The van der Waals surface area contributed by atoms with Gasteiger partial charge in [-0.3, -0.25) is 0 Å². The second-order valence-electron chi connectivity index (χ2n) is 5.26. The van der Waals surface area contributed by atoms with E-state index in [4.69, 9.17) is 11.6 Å². The fourth-order valence-corrected chi connectivity index (χ4v) is 4.21. The summed E-state index contributed by atoms with van der Waals surface area (Å²) in [6.07, 6.45) is 2.22. The number of thiophene rings is 1. The fraction of sp³-hybridized carbons (Fsp3) is 0.375. The van der Waals surface area contributed by atoms with E-state index in [0.717, 1.165) is 31.0 Å². The molecule has 0 atom stereocenters. The molecule has 0 saturated carbocycles. The third kappa shape index (κ3) is 2.45. The van der Waals surface area contributed by atoms with E-state index in [1.807, 2.05) is 23.5 Å². The van der Waals surface area contributed by atoms with Crippen LogP contribution in [0.2, 0.25) is 5.02 Å². The van der Waals surface area contributed by atoms with Gasteiger partial charge in [-0.2, -0.15) is 0 Å². The smallest absolute Gasteiger partial charge is 0.0444 e. The zero-order valence-corrected chi connectivity index (χ0v) is 12.7. The molecule has 0 spiro atoms. The molecule has 100 valence electrons. The summed E-state index contributed by atoms with van der Waals surface area (Å²) in [6.45, 7) is 4.26. The van der Waals surface area contributed by atoms with Gasteiger partial charge in [-0.05, 0) is 36.6 Å². The molecule has 1 aliphatic heterocycles. The van der Waals surface area contributed by atoms with Crippen LogP contribution in [0.5, 0.6) is 0 Å². The topological polar surface area (TPSA) is 12.0 Å². The molecule has 0 amide bonds. The minimum absolute atomic E-state index is 0.189. The van der Waals surface area contributed by atoms with Gasteiger partial charge in [0.1, 0.15) is 0 Å². The molecule has 1 nitrogen and oxygen atoms in total. The molecule has 0 bridgehead atoms. The molecule has 2 heterocycles. The summed E-state index contributed by atoms with van der Waals surface area (Å²) < 4.78 is 0. The number of hydrogen-bond donors (Lipinski definition) is 1. The highest BCUT2D eigenvalue weighted by molar-refractivity contribution is 7.12. The third-order valence-electron chi connectivity index (χ3n) is 3.95. The van der Waals surface area contributed by atoms with Crippen molar-refractivity contribution in [3.63, 3.8) is 0 Å². The van der Waals surface area contributed by atoms with E-state index in [2.05, 4.69) is 36.5 Å². The largest absolute Gasteiger partial charge is 0.315 e. The van der Waals surface area contributed by atoms with Crippen LogP contribution in [0.15, 0.2) is 36.4 Å². The van der Waals surface area contributed by atoms with E-state index in [1.54, 1.807) is 0 Å². The van der Waals surface area contributed by atoms with Gasteiger partial charge in [0.2, 0.25) is 0 Å². The summed E-state index contributed by atoms with van der Waals surface area (Å²) in [5.74, 6) is 0. The first-order valence-electron chi connectivity index (χ1n) is 6.77. The van der Waals surface area contributed by atoms with Crippen LogP contribution in [0.1, 0.15) is 22.2 Å². The lowest BCUT2D eigenvalue weighted by Crippen LogP contribution is -2.58. The maximum absolute atomic E-state index is 6.40. The van der Waals surface area contributed by atoms with E-state index in [0.29, 0.717) is 0 Å². The van der Waals surface area contributed by atoms with Crippen LogP contribution in [-0.4, -0.2) is 13.1 Å². The van der Waals surface area contributed by atoms with Crippen molar-refractivity contribution in [2.24, 2.45) is 0 Å². The van der Waals surface area contributed by atoms with Crippen molar-refractivity contribution in [1.82, 2.24) is 5.32 Å². The number of halogens is 1. The first-order valence-corrected chi connectivity index (χ1v) is 7.96. The van der Waals surface area contributed by atoms with Crippen LogP contribution in [0.4, 0.5) is 0 Å². The standard InChI is InChI=1S/C16H18ClNS/c1-2-12-7-8-13(19-12)9-16(10-18-11-16)14-5-3-4-6-15(14)17/h3-8,18H,2,9-11H2,1H3. The zero-order valence-electron chi connectivity index (χ0n) is 11.1. The van der Waals surface area contributed by atoms with Crippen LogP contribution < -0.4 is 5.32 Å². The van der Waals surface area contributed by atoms with Crippen molar-refractivity contribution in [3.05, 3.63) is 56.7 Å². The molecule has 1 aliphatic rings. The van der Waals surface area contributed by atoms with Gasteiger partial charge in [0, 0.05) is 33.3 Å². The van der Waals surface area contributed by atoms with Gasteiger partial charge < -0.3 is 5.32 Å². The van der Waals surface area contributed by atoms with Crippen molar-refractivity contribution in [2.45, 2.75) is 25.2 Å². The van der Waals surface area contributed by atoms with Crippen molar-refractivity contribution < 1.29 is 0 Å². The Hall–Kier alpha value is -0.830. The van der Waals surface area contributed by atoms with Gasteiger partial charge in [0.25, 0.3) is 0 Å². The molecule has 1 fully saturated rings. The van der Waals surface area contributed by atoms with Crippen LogP contribution in [0.25, 0.3) is 0 Å². The highest BCUT2D eigenvalue weighted by atomic mass is 35.5. The molecule has 1 saturated heterocycles. The van der Waals surface area contributed by atoms with Gasteiger partial charge in [-0.15, -0.1) is 11.3 Å². The number of nitrogens with one attached hydrogen (secondary N) is 1. The van der Waals surface area contributed by atoms with Crippen molar-refractivity contribution in [3.8, 4) is 0 Å². The van der Waals surface area contributed by atoms with E-state index in [-0.39, 0.29) is 5.41 Å². The predicted molar refractivity (Wildman–Crippen MR) is 83.4 cm³/mol. The third-order valence-corrected chi connectivity index (χ3v) is 5.51. The average Bonchev–Trinajstić information content (AvgIpc) is 2.82. The second kappa shape index (κ2) is 5.28. The zero-order chi connectivity index (χ0) is 13.3. The molecular formula is C16H18ClNS. The Morgan fingerprint density at radius 1 is 1.16 bits per heavy atom. The summed E-state index contributed by atoms with van der Waals surface area (Å²) in [5, 5.41) is 4.31. The van der Waals surface area contributed by atoms with Crippen molar-refractivity contribution in [2.75, 3.05) is 13.1 Å². The van der Waals surface area contributed by atoms with Crippen LogP contribution in [0.3, 0.4) is 0 Å². The number of hydrogen-bond acceptors (Lipinski definition) is 2. The summed E-state index contributed by atoms with van der Waals surface area (Å²) in [4.78, 5) is 2.94. The lowest BCUT2D eigenvalue weighted by atomic mass is 9.72. The van der Waals surface area contributed by atoms with Gasteiger partial charge in [0.05, 0.1) is 0 Å². The molecular weight excluding hydrogens is 274 g/mol. The first kappa shape index (κ1) is 13.2. The Kier molecular flexibility index (Phi) is 3.66. The molecule has 0 radical (unpaired) electrons. The minimum Gasteiger partial charge on any atom is -0.315 e. The number of rotatable bonds is 4. The van der Waals surface area contributed by atoms with E-state index in [9.17, 15) is 0 Å². The second-order valence-corrected chi connectivity index (χ2v) is 6.92. The lowest BCUT2D eigenvalue weighted by Gasteiger charge is -2.43. The normalized spacial score (nSPS) is 17.2. The van der Waals surface area contributed by atoms with Gasteiger partial charge in [-0.25, -0.2) is 0 Å². The van der Waals surface area contributed by atoms with Crippen LogP contribution in [-0.2, 0) is 18.3 Å². The van der Waals surface area contributed by atoms with Crippen molar-refractivity contribution in [1.29, 1.82) is 0 Å². The summed E-state index contributed by atoms with van der Waals surface area (Å²) in [5.41, 5.74) is 1.48. The van der Waals surface area contributed by atoms with Crippen molar-refractivity contribution >= 4 is 22.9 Å². The van der Waals surface area contributed by atoms with Gasteiger partial charge in [0.15, 0.2) is 0 Å². The number of aryl methyl sites for hydroxylation is 1. The fourth-order valence-electron chi connectivity index (χ4n) is 2.77. The average molecular weight is 292 g/mol. The maximum atomic E-state index is 6.40. The van der Waals surface area contributed by atoms with E-state index >= 15 is 0 Å². The molecule has 0 unspecified atom stereocenters. The van der Waals surface area contributed by atoms with E-state index < -0.39 is 0 Å². The Balaban J connectivity index is 1.89. The summed E-state index contributed by atoms with van der Waals surface area (Å²) in [6, 6.07) is 12.8. The molecule has 0 aliphatic carbocycles. The summed E-state index contributed by atoms with van der Waals surface area (Å²) in [7, 11) is 0. The molecule has 1 aromatic carbocycles. The summed E-state index contributed by atoms with van der Waals surface area (Å²) >= 11 is 8.33. The molecule has 1 aromatic heterocycles. The SMILES string of the molecule is CCc1ccc(CC2(c3ccccc3Cl)CNC2)s1. The molecule has 19 heavy (non-hydrogen) atoms.